The lowest BCUT2D eigenvalue weighted by Gasteiger charge is -2.44. The fourth-order valence-corrected chi connectivity index (χ4v) is 7.26. The fourth-order valence-electron chi connectivity index (χ4n) is 3.65. The van der Waals surface area contributed by atoms with Gasteiger partial charge >= 0.3 is 0 Å². The van der Waals surface area contributed by atoms with E-state index < -0.39 is 0 Å². The molecule has 0 N–H and O–H groups in total. The van der Waals surface area contributed by atoms with Crippen molar-refractivity contribution in [2.24, 2.45) is 17.8 Å². The molecule has 1 aromatic carbocycles. The first-order valence-electron chi connectivity index (χ1n) is 9.05. The summed E-state index contributed by atoms with van der Waals surface area (Å²) in [7, 11) is -0.321. The van der Waals surface area contributed by atoms with Gasteiger partial charge < -0.3 is 0 Å². The number of rotatable bonds is 6. The van der Waals surface area contributed by atoms with Gasteiger partial charge in [0.25, 0.3) is 0 Å². The highest BCUT2D eigenvalue weighted by Gasteiger charge is 2.39. The van der Waals surface area contributed by atoms with Gasteiger partial charge in [0, 0.05) is 0 Å². The molecule has 4 unspecified atom stereocenters. The standard InChI is InChI=1S/C22H33P/c1-7-11-19(4)22(5,6)23(20-12-9-8-10-13-20)21-16-17(2)14-15-18(21)3/h7-10,12-13,16-19H,1,11,14-15H2,2-6H3. The minimum absolute atomic E-state index is 0.280. The zero-order valence-electron chi connectivity index (χ0n) is 15.5. The molecule has 1 aliphatic carbocycles. The predicted molar refractivity (Wildman–Crippen MR) is 107 cm³/mol. The van der Waals surface area contributed by atoms with Crippen LogP contribution in [-0.2, 0) is 0 Å². The van der Waals surface area contributed by atoms with Crippen molar-refractivity contribution in [2.75, 3.05) is 0 Å². The summed E-state index contributed by atoms with van der Waals surface area (Å²) in [4.78, 5) is 0. The normalized spacial score (nSPS) is 24.7. The van der Waals surface area contributed by atoms with Crippen molar-refractivity contribution in [2.45, 2.75) is 59.0 Å². The Hall–Kier alpha value is -0.870. The van der Waals surface area contributed by atoms with Crippen molar-refractivity contribution in [3.05, 3.63) is 54.4 Å². The molecule has 1 heteroatoms. The Morgan fingerprint density at radius 1 is 1.22 bits per heavy atom. The summed E-state index contributed by atoms with van der Waals surface area (Å²) in [5.41, 5.74) is 0. The van der Waals surface area contributed by atoms with Gasteiger partial charge in [0.05, 0.1) is 0 Å². The lowest BCUT2D eigenvalue weighted by molar-refractivity contribution is 0.453. The van der Waals surface area contributed by atoms with Gasteiger partial charge in [-0.2, -0.15) is 0 Å². The van der Waals surface area contributed by atoms with E-state index in [1.165, 1.54) is 18.1 Å². The van der Waals surface area contributed by atoms with Crippen LogP contribution in [0.4, 0.5) is 0 Å². The third-order valence-electron chi connectivity index (χ3n) is 5.59. The van der Waals surface area contributed by atoms with E-state index in [0.717, 1.165) is 12.3 Å². The monoisotopic (exact) mass is 328 g/mol. The Kier molecular flexibility index (Phi) is 6.26. The van der Waals surface area contributed by atoms with Gasteiger partial charge in [0.2, 0.25) is 0 Å². The molecule has 0 fully saturated rings. The van der Waals surface area contributed by atoms with Crippen LogP contribution >= 0.6 is 7.92 Å². The molecular formula is C22H33P. The third-order valence-corrected chi connectivity index (χ3v) is 9.10. The molecule has 4 atom stereocenters. The highest BCUT2D eigenvalue weighted by Crippen LogP contribution is 2.62. The van der Waals surface area contributed by atoms with Gasteiger partial charge in [-0.3, -0.25) is 0 Å². The number of allylic oxidation sites excluding steroid dienone is 3. The second-order valence-electron chi connectivity index (χ2n) is 7.80. The Morgan fingerprint density at radius 2 is 1.87 bits per heavy atom. The zero-order valence-corrected chi connectivity index (χ0v) is 16.4. The Balaban J connectivity index is 2.50. The Bertz CT molecular complexity index is 540. The van der Waals surface area contributed by atoms with Crippen molar-refractivity contribution in [1.82, 2.24) is 0 Å². The zero-order chi connectivity index (χ0) is 17.0. The van der Waals surface area contributed by atoms with Gasteiger partial charge in [0.1, 0.15) is 0 Å². The number of hydrogen-bond acceptors (Lipinski definition) is 0. The molecule has 0 aliphatic heterocycles. The van der Waals surface area contributed by atoms with Crippen LogP contribution < -0.4 is 5.30 Å². The molecule has 0 nitrogen and oxygen atoms in total. The van der Waals surface area contributed by atoms with E-state index >= 15 is 0 Å². The van der Waals surface area contributed by atoms with E-state index in [-0.39, 0.29) is 13.1 Å². The molecule has 1 aliphatic rings. The van der Waals surface area contributed by atoms with Gasteiger partial charge in [-0.25, -0.2) is 0 Å². The maximum atomic E-state index is 3.98. The summed E-state index contributed by atoms with van der Waals surface area (Å²) >= 11 is 0. The molecule has 0 radical (unpaired) electrons. The first kappa shape index (κ1) is 18.5. The summed E-state index contributed by atoms with van der Waals surface area (Å²) in [6.45, 7) is 16.2. The quantitative estimate of drug-likeness (QED) is 0.401. The smallest absolute Gasteiger partial charge is 0.00454 e. The highest BCUT2D eigenvalue weighted by atomic mass is 31.1. The minimum atomic E-state index is -0.321. The first-order chi connectivity index (χ1) is 10.9. The summed E-state index contributed by atoms with van der Waals surface area (Å²) in [5.74, 6) is 2.07. The second kappa shape index (κ2) is 7.80. The topological polar surface area (TPSA) is 0 Å². The number of hydrogen-bond donors (Lipinski definition) is 0. The first-order valence-corrected chi connectivity index (χ1v) is 10.4. The summed E-state index contributed by atoms with van der Waals surface area (Å²) in [6.07, 6.45) is 8.47. The van der Waals surface area contributed by atoms with E-state index in [1.807, 2.05) is 0 Å². The molecular weight excluding hydrogens is 295 g/mol. The van der Waals surface area contributed by atoms with Crippen LogP contribution in [0.15, 0.2) is 54.4 Å². The molecule has 0 spiro atoms. The van der Waals surface area contributed by atoms with Gasteiger partial charge in [0.15, 0.2) is 0 Å². The Morgan fingerprint density at radius 3 is 2.48 bits per heavy atom. The van der Waals surface area contributed by atoms with E-state index in [0.29, 0.717) is 11.8 Å². The maximum Gasteiger partial charge on any atom is -0.00454 e. The van der Waals surface area contributed by atoms with Crippen molar-refractivity contribution >= 4 is 13.2 Å². The molecule has 1 aromatic rings. The van der Waals surface area contributed by atoms with E-state index in [1.54, 1.807) is 5.31 Å². The van der Waals surface area contributed by atoms with Crippen LogP contribution in [0.2, 0.25) is 0 Å². The van der Waals surface area contributed by atoms with Crippen LogP contribution in [0.5, 0.6) is 0 Å². The van der Waals surface area contributed by atoms with E-state index in [9.17, 15) is 0 Å². The molecule has 0 aromatic heterocycles. The summed E-state index contributed by atoms with van der Waals surface area (Å²) < 4.78 is 0. The molecule has 0 bridgehead atoms. The summed E-state index contributed by atoms with van der Waals surface area (Å²) in [5, 5.41) is 3.55. The molecule has 23 heavy (non-hydrogen) atoms. The maximum absolute atomic E-state index is 3.98. The lowest BCUT2D eigenvalue weighted by Crippen LogP contribution is -2.33. The van der Waals surface area contributed by atoms with E-state index in [2.05, 4.69) is 83.7 Å². The Labute approximate surface area is 144 Å². The lowest BCUT2D eigenvalue weighted by atomic mass is 9.90. The second-order valence-corrected chi connectivity index (χ2v) is 10.7. The van der Waals surface area contributed by atoms with Gasteiger partial charge in [-0.15, -0.1) is 6.58 Å². The van der Waals surface area contributed by atoms with Gasteiger partial charge in [-0.1, -0.05) is 77.1 Å². The van der Waals surface area contributed by atoms with Crippen molar-refractivity contribution < 1.29 is 0 Å². The third kappa shape index (κ3) is 4.16. The summed E-state index contributed by atoms with van der Waals surface area (Å²) in [6, 6.07) is 11.2. The molecule has 0 amide bonds. The van der Waals surface area contributed by atoms with Crippen molar-refractivity contribution in [3.8, 4) is 0 Å². The highest BCUT2D eigenvalue weighted by molar-refractivity contribution is 7.71. The predicted octanol–water partition coefficient (Wildman–Crippen LogP) is 6.73. The molecule has 0 saturated heterocycles. The average Bonchev–Trinajstić information content (AvgIpc) is 2.52. The van der Waals surface area contributed by atoms with Crippen LogP contribution in [0.3, 0.4) is 0 Å². The van der Waals surface area contributed by atoms with Crippen LogP contribution in [0.25, 0.3) is 0 Å². The van der Waals surface area contributed by atoms with Crippen LogP contribution in [-0.4, -0.2) is 5.16 Å². The average molecular weight is 328 g/mol. The molecule has 0 saturated carbocycles. The van der Waals surface area contributed by atoms with E-state index in [4.69, 9.17) is 0 Å². The largest absolute Gasteiger partial charge is 0.103 e. The minimum Gasteiger partial charge on any atom is -0.103 e. The van der Waals surface area contributed by atoms with Crippen molar-refractivity contribution in [3.63, 3.8) is 0 Å². The van der Waals surface area contributed by atoms with Gasteiger partial charge in [-0.05, 0) is 60.7 Å². The SMILES string of the molecule is C=CCC(C)C(C)(C)P(C1=CC(C)CCC1C)c1ccccc1. The molecule has 2 rings (SSSR count). The number of benzene rings is 1. The van der Waals surface area contributed by atoms with Crippen LogP contribution in [0.1, 0.15) is 53.9 Å². The fraction of sp³-hybridized carbons (Fsp3) is 0.545. The molecule has 126 valence electrons. The molecule has 0 heterocycles. The van der Waals surface area contributed by atoms with Crippen molar-refractivity contribution in [1.29, 1.82) is 0 Å². The van der Waals surface area contributed by atoms with Crippen LogP contribution in [0, 0.1) is 17.8 Å².